The molecule has 0 saturated carbocycles. The van der Waals surface area contributed by atoms with Crippen LogP contribution in [0.25, 0.3) is 11.5 Å². The van der Waals surface area contributed by atoms with Crippen LogP contribution in [0.5, 0.6) is 0 Å². The Bertz CT molecular complexity index is 896. The van der Waals surface area contributed by atoms with E-state index in [1.807, 2.05) is 30.3 Å². The molecule has 4 rings (SSSR count). The number of nitrogens with two attached hydrogens (primary N) is 1. The number of hydrogen-bond acceptors (Lipinski definition) is 7. The summed E-state index contributed by atoms with van der Waals surface area (Å²) in [5.74, 6) is 0.955. The molecule has 0 unspecified atom stereocenters. The summed E-state index contributed by atoms with van der Waals surface area (Å²) in [5, 5.41) is 4.12. The Labute approximate surface area is 142 Å². The molecule has 0 saturated heterocycles. The number of carbonyl (C=O) groups excluding carboxylic acids is 1. The lowest BCUT2D eigenvalue weighted by molar-refractivity contribution is 0.244. The topological polar surface area (TPSA) is 121 Å². The molecule has 3 aromatic rings. The summed E-state index contributed by atoms with van der Waals surface area (Å²) in [4.78, 5) is 20.9. The second-order valence-electron chi connectivity index (χ2n) is 5.32. The Kier molecular flexibility index (Phi) is 3.67. The van der Waals surface area contributed by atoms with Gasteiger partial charge in [-0.3, -0.25) is 5.43 Å². The lowest BCUT2D eigenvalue weighted by Crippen LogP contribution is -2.47. The van der Waals surface area contributed by atoms with Crippen LogP contribution in [0.15, 0.2) is 53.1 Å². The van der Waals surface area contributed by atoms with E-state index in [2.05, 4.69) is 26.2 Å². The van der Waals surface area contributed by atoms with E-state index in [-0.39, 0.29) is 12.0 Å². The van der Waals surface area contributed by atoms with Crippen molar-refractivity contribution in [3.8, 4) is 11.5 Å². The number of hydrogen-bond donors (Lipinski definition) is 4. The number of fused-ring (bicyclic) bond motifs is 1. The first kappa shape index (κ1) is 15.0. The number of benzene rings is 1. The van der Waals surface area contributed by atoms with Crippen LogP contribution in [0.2, 0.25) is 0 Å². The van der Waals surface area contributed by atoms with E-state index in [0.717, 1.165) is 5.56 Å². The van der Waals surface area contributed by atoms with Gasteiger partial charge in [-0.25, -0.2) is 14.8 Å². The van der Waals surface area contributed by atoms with E-state index in [0.29, 0.717) is 29.5 Å². The number of anilines is 3. The highest BCUT2D eigenvalue weighted by Crippen LogP contribution is 2.37. The molecule has 1 aromatic carbocycles. The van der Waals surface area contributed by atoms with Gasteiger partial charge in [0.2, 0.25) is 5.95 Å². The van der Waals surface area contributed by atoms with Gasteiger partial charge < -0.3 is 15.5 Å². The van der Waals surface area contributed by atoms with Crippen LogP contribution in [-0.4, -0.2) is 16.0 Å². The first-order valence-electron chi connectivity index (χ1n) is 7.57. The molecule has 2 amide bonds. The van der Waals surface area contributed by atoms with Crippen molar-refractivity contribution in [3.63, 3.8) is 0 Å². The van der Waals surface area contributed by atoms with Crippen molar-refractivity contribution in [1.29, 1.82) is 0 Å². The highest BCUT2D eigenvalue weighted by Gasteiger charge is 2.31. The molecule has 3 heterocycles. The lowest BCUT2D eigenvalue weighted by atomic mass is 10.2. The molecule has 126 valence electrons. The highest BCUT2D eigenvalue weighted by molar-refractivity contribution is 6.00. The van der Waals surface area contributed by atoms with E-state index in [4.69, 9.17) is 10.2 Å². The number of amides is 2. The summed E-state index contributed by atoms with van der Waals surface area (Å²) in [5.41, 5.74) is 13.2. The number of nitrogens with one attached hydrogen (secondary N) is 3. The number of nitrogen functional groups attached to an aromatic ring is 1. The molecule has 0 bridgehead atoms. The Hall–Kier alpha value is -3.59. The van der Waals surface area contributed by atoms with Crippen LogP contribution in [0, 0.1) is 0 Å². The average Bonchev–Trinajstić information content (AvgIpc) is 3.29. The average molecular weight is 337 g/mol. The van der Waals surface area contributed by atoms with Gasteiger partial charge in [0.25, 0.3) is 0 Å². The van der Waals surface area contributed by atoms with Gasteiger partial charge in [-0.05, 0) is 17.7 Å². The van der Waals surface area contributed by atoms with E-state index < -0.39 is 0 Å². The molecular formula is C16H15N7O2. The van der Waals surface area contributed by atoms with Crippen LogP contribution in [0.3, 0.4) is 0 Å². The normalized spacial score (nSPS) is 12.6. The Morgan fingerprint density at radius 3 is 2.80 bits per heavy atom. The van der Waals surface area contributed by atoms with Crippen LogP contribution in [-0.2, 0) is 6.54 Å². The van der Waals surface area contributed by atoms with Gasteiger partial charge in [0.1, 0.15) is 11.4 Å². The van der Waals surface area contributed by atoms with Crippen molar-refractivity contribution in [3.05, 3.63) is 54.3 Å². The van der Waals surface area contributed by atoms with Crippen LogP contribution < -0.4 is 27.0 Å². The molecule has 0 fully saturated rings. The first-order chi connectivity index (χ1) is 12.2. The van der Waals surface area contributed by atoms with Crippen LogP contribution in [0.4, 0.5) is 22.2 Å². The first-order valence-corrected chi connectivity index (χ1v) is 7.57. The summed E-state index contributed by atoms with van der Waals surface area (Å²) in [6, 6.07) is 12.7. The maximum Gasteiger partial charge on any atom is 0.338 e. The SMILES string of the molecule is Nc1nc2c(c(-c3ccco3)n1)N(C(=O)NCc1ccccc1)NN2. The summed E-state index contributed by atoms with van der Waals surface area (Å²) in [6.45, 7) is 0.388. The quantitative estimate of drug-likeness (QED) is 0.575. The molecule has 0 spiro atoms. The third-order valence-electron chi connectivity index (χ3n) is 3.66. The Morgan fingerprint density at radius 1 is 1.20 bits per heavy atom. The molecule has 0 aliphatic carbocycles. The van der Waals surface area contributed by atoms with Crippen LogP contribution >= 0.6 is 0 Å². The van der Waals surface area contributed by atoms with Crippen molar-refractivity contribution in [2.24, 2.45) is 0 Å². The minimum atomic E-state index is -0.365. The van der Waals surface area contributed by atoms with E-state index >= 15 is 0 Å². The van der Waals surface area contributed by atoms with Crippen molar-refractivity contribution < 1.29 is 9.21 Å². The maximum atomic E-state index is 12.6. The van der Waals surface area contributed by atoms with Crippen molar-refractivity contribution in [2.75, 3.05) is 16.2 Å². The second-order valence-corrected chi connectivity index (χ2v) is 5.32. The number of furan rings is 1. The molecular weight excluding hydrogens is 322 g/mol. The van der Waals surface area contributed by atoms with E-state index in [1.54, 1.807) is 12.1 Å². The monoisotopic (exact) mass is 337 g/mol. The number of urea groups is 1. The molecule has 1 aliphatic heterocycles. The zero-order valence-corrected chi connectivity index (χ0v) is 13.1. The Morgan fingerprint density at radius 2 is 2.04 bits per heavy atom. The van der Waals surface area contributed by atoms with Crippen LogP contribution in [0.1, 0.15) is 5.56 Å². The highest BCUT2D eigenvalue weighted by atomic mass is 16.3. The Balaban J connectivity index is 1.61. The van der Waals surface area contributed by atoms with E-state index in [9.17, 15) is 4.79 Å². The molecule has 0 atom stereocenters. The van der Waals surface area contributed by atoms with Gasteiger partial charge >= 0.3 is 6.03 Å². The summed E-state index contributed by atoms with van der Waals surface area (Å²) < 4.78 is 5.40. The van der Waals surface area contributed by atoms with Gasteiger partial charge in [-0.15, -0.1) is 5.53 Å². The van der Waals surface area contributed by atoms with Crippen molar-refractivity contribution >= 4 is 23.5 Å². The molecule has 9 heteroatoms. The third-order valence-corrected chi connectivity index (χ3v) is 3.66. The van der Waals surface area contributed by atoms with Crippen molar-refractivity contribution in [2.45, 2.75) is 6.54 Å². The van der Waals surface area contributed by atoms with Gasteiger partial charge in [0.15, 0.2) is 11.6 Å². The van der Waals surface area contributed by atoms with Gasteiger partial charge in [0.05, 0.1) is 6.26 Å². The number of aromatic nitrogens is 2. The fraction of sp³-hybridized carbons (Fsp3) is 0.0625. The second kappa shape index (κ2) is 6.13. The molecule has 5 N–H and O–H groups in total. The standard InChI is InChI=1S/C16H15N7O2/c17-15-19-12(11-7-4-8-25-11)13-14(20-15)21-22-23(13)16(24)18-9-10-5-2-1-3-6-10/h1-8,22H,9H2,(H,18,24)(H3,17,19,20,21). The molecule has 9 nitrogen and oxygen atoms in total. The minimum absolute atomic E-state index is 0.0750. The van der Waals surface area contributed by atoms with Gasteiger partial charge in [-0.2, -0.15) is 4.98 Å². The molecule has 0 radical (unpaired) electrons. The molecule has 1 aliphatic rings. The lowest BCUT2D eigenvalue weighted by Gasteiger charge is -2.17. The minimum Gasteiger partial charge on any atom is -0.463 e. The van der Waals surface area contributed by atoms with Crippen molar-refractivity contribution in [1.82, 2.24) is 20.8 Å². The number of nitrogens with zero attached hydrogens (tertiary/aromatic N) is 3. The largest absolute Gasteiger partial charge is 0.463 e. The summed E-state index contributed by atoms with van der Waals surface area (Å²) in [6.07, 6.45) is 1.52. The van der Waals surface area contributed by atoms with E-state index in [1.165, 1.54) is 11.3 Å². The maximum absolute atomic E-state index is 12.6. The molecule has 25 heavy (non-hydrogen) atoms. The zero-order valence-electron chi connectivity index (χ0n) is 13.1. The zero-order chi connectivity index (χ0) is 17.2. The summed E-state index contributed by atoms with van der Waals surface area (Å²) in [7, 11) is 0. The smallest absolute Gasteiger partial charge is 0.338 e. The predicted octanol–water partition coefficient (Wildman–Crippen LogP) is 1.88. The predicted molar refractivity (Wildman–Crippen MR) is 92.1 cm³/mol. The number of hydrazine groups is 2. The van der Waals surface area contributed by atoms with Gasteiger partial charge in [0, 0.05) is 6.54 Å². The number of carbonyl (C=O) groups is 1. The van der Waals surface area contributed by atoms with Gasteiger partial charge in [-0.1, -0.05) is 30.3 Å². The molecule has 2 aromatic heterocycles. The fourth-order valence-corrected chi connectivity index (χ4v) is 2.53. The third kappa shape index (κ3) is 2.83. The number of rotatable bonds is 3. The fourth-order valence-electron chi connectivity index (χ4n) is 2.53. The summed E-state index contributed by atoms with van der Waals surface area (Å²) >= 11 is 0.